The van der Waals surface area contributed by atoms with E-state index in [2.05, 4.69) is 30.6 Å². The quantitative estimate of drug-likeness (QED) is 0.746. The average Bonchev–Trinajstić information content (AvgIpc) is 2.64. The van der Waals surface area contributed by atoms with Crippen LogP contribution < -0.4 is 5.32 Å². The monoisotopic (exact) mass is 268 g/mol. The van der Waals surface area contributed by atoms with Crippen molar-refractivity contribution in [3.8, 4) is 0 Å². The highest BCUT2D eigenvalue weighted by Crippen LogP contribution is 2.11. The van der Waals surface area contributed by atoms with Gasteiger partial charge in [-0.2, -0.15) is 0 Å². The van der Waals surface area contributed by atoms with Gasteiger partial charge in [-0.25, -0.2) is 0 Å². The summed E-state index contributed by atoms with van der Waals surface area (Å²) >= 11 is 0. The van der Waals surface area contributed by atoms with Gasteiger partial charge in [0.15, 0.2) is 0 Å². The van der Waals surface area contributed by atoms with E-state index < -0.39 is 0 Å². The molecule has 1 heterocycles. The molecule has 0 aromatic heterocycles. The molecule has 16 heavy (non-hydrogen) atoms. The Morgan fingerprint density at radius 1 is 1.25 bits per heavy atom. The fourth-order valence-corrected chi connectivity index (χ4v) is 1.99. The second-order valence-corrected chi connectivity index (χ2v) is 4.56. The molecule has 0 radical (unpaired) electrons. The van der Waals surface area contributed by atoms with Crippen LogP contribution in [0.15, 0.2) is 12.7 Å². The van der Waals surface area contributed by atoms with Crippen LogP contribution in [0.25, 0.3) is 0 Å². The van der Waals surface area contributed by atoms with Crippen molar-refractivity contribution in [2.75, 3.05) is 26.2 Å². The molecule has 0 spiro atoms. The third-order valence-electron chi connectivity index (χ3n) is 2.98. The molecule has 4 heteroatoms. The van der Waals surface area contributed by atoms with Crippen LogP contribution in [-0.2, 0) is 0 Å². The zero-order chi connectivity index (χ0) is 10.4. The Bertz CT molecular complexity index is 168. The van der Waals surface area contributed by atoms with Crippen molar-refractivity contribution in [3.05, 3.63) is 12.7 Å². The van der Waals surface area contributed by atoms with Gasteiger partial charge in [0.25, 0.3) is 0 Å². The summed E-state index contributed by atoms with van der Waals surface area (Å²) in [7, 11) is 0. The number of likely N-dealkylation sites (tertiary alicyclic amines) is 1. The number of nitrogens with one attached hydrogen (secondary N) is 1. The fourth-order valence-electron chi connectivity index (χ4n) is 1.99. The predicted molar refractivity (Wildman–Crippen MR) is 77.0 cm³/mol. The Kier molecular flexibility index (Phi) is 12.1. The molecule has 1 saturated heterocycles. The van der Waals surface area contributed by atoms with E-state index in [0.717, 1.165) is 6.54 Å². The summed E-state index contributed by atoms with van der Waals surface area (Å²) in [4.78, 5) is 2.57. The molecule has 1 atom stereocenters. The number of hydrogen-bond acceptors (Lipinski definition) is 2. The zero-order valence-electron chi connectivity index (χ0n) is 10.4. The number of hydrogen-bond donors (Lipinski definition) is 1. The summed E-state index contributed by atoms with van der Waals surface area (Å²) in [6, 6.07) is 0.617. The molecule has 1 rings (SSSR count). The lowest BCUT2D eigenvalue weighted by molar-refractivity contribution is 0.259. The zero-order valence-corrected chi connectivity index (χ0v) is 12.1. The fraction of sp³-hybridized carbons (Fsp3) is 0.833. The Labute approximate surface area is 113 Å². The minimum absolute atomic E-state index is 0. The third kappa shape index (κ3) is 6.74. The van der Waals surface area contributed by atoms with E-state index >= 15 is 0 Å². The molecular formula is C12H26Cl2N2. The number of rotatable bonds is 6. The highest BCUT2D eigenvalue weighted by atomic mass is 35.5. The van der Waals surface area contributed by atoms with Gasteiger partial charge in [-0.1, -0.05) is 19.9 Å². The number of nitrogens with zero attached hydrogens (tertiary/aromatic N) is 1. The van der Waals surface area contributed by atoms with Crippen molar-refractivity contribution in [2.45, 2.75) is 32.7 Å². The Morgan fingerprint density at radius 2 is 1.81 bits per heavy atom. The highest BCUT2D eigenvalue weighted by molar-refractivity contribution is 5.85. The van der Waals surface area contributed by atoms with Crippen molar-refractivity contribution in [1.29, 1.82) is 0 Å². The normalized spacial score (nSPS) is 17.7. The van der Waals surface area contributed by atoms with E-state index in [1.54, 1.807) is 0 Å². The number of halogens is 2. The molecule has 98 valence electrons. The Balaban J connectivity index is 0. The van der Waals surface area contributed by atoms with Gasteiger partial charge in [-0.05, 0) is 31.8 Å². The molecule has 1 N–H and O–H groups in total. The second-order valence-electron chi connectivity index (χ2n) is 4.56. The van der Waals surface area contributed by atoms with Gasteiger partial charge in [0.2, 0.25) is 0 Å². The molecule has 0 amide bonds. The molecule has 0 unspecified atom stereocenters. The van der Waals surface area contributed by atoms with Crippen molar-refractivity contribution in [3.63, 3.8) is 0 Å². The second kappa shape index (κ2) is 10.4. The molecule has 0 aromatic carbocycles. The molecule has 0 bridgehead atoms. The molecule has 1 aliphatic rings. The van der Waals surface area contributed by atoms with Gasteiger partial charge in [0, 0.05) is 19.1 Å². The molecule has 1 aliphatic heterocycles. The lowest BCUT2D eigenvalue weighted by Gasteiger charge is -2.27. The first kappa shape index (κ1) is 18.6. The van der Waals surface area contributed by atoms with Crippen LogP contribution in [0.5, 0.6) is 0 Å². The maximum absolute atomic E-state index is 3.75. The van der Waals surface area contributed by atoms with Crippen LogP contribution in [0.3, 0.4) is 0 Å². The van der Waals surface area contributed by atoms with Gasteiger partial charge in [-0.15, -0.1) is 31.4 Å². The summed E-state index contributed by atoms with van der Waals surface area (Å²) in [5.74, 6) is 0.704. The van der Waals surface area contributed by atoms with Crippen LogP contribution in [0.1, 0.15) is 26.7 Å². The maximum Gasteiger partial charge on any atom is 0.0220 e. The largest absolute Gasteiger partial charge is 0.309 e. The van der Waals surface area contributed by atoms with Crippen molar-refractivity contribution < 1.29 is 0 Å². The van der Waals surface area contributed by atoms with Gasteiger partial charge < -0.3 is 10.2 Å². The lowest BCUT2D eigenvalue weighted by atomic mass is 10.0. The molecular weight excluding hydrogens is 243 g/mol. The van der Waals surface area contributed by atoms with Crippen LogP contribution in [0.2, 0.25) is 0 Å². The van der Waals surface area contributed by atoms with Gasteiger partial charge >= 0.3 is 0 Å². The van der Waals surface area contributed by atoms with Gasteiger partial charge in [-0.3, -0.25) is 0 Å². The van der Waals surface area contributed by atoms with E-state index in [-0.39, 0.29) is 24.8 Å². The van der Waals surface area contributed by atoms with Crippen LogP contribution in [0, 0.1) is 5.92 Å². The van der Waals surface area contributed by atoms with Crippen molar-refractivity contribution >= 4 is 24.8 Å². The van der Waals surface area contributed by atoms with E-state index in [1.165, 1.54) is 32.5 Å². The molecule has 0 saturated carbocycles. The summed E-state index contributed by atoms with van der Waals surface area (Å²) < 4.78 is 0. The summed E-state index contributed by atoms with van der Waals surface area (Å²) in [5.41, 5.74) is 0. The van der Waals surface area contributed by atoms with Gasteiger partial charge in [0.05, 0.1) is 0 Å². The summed E-state index contributed by atoms with van der Waals surface area (Å²) in [6.07, 6.45) is 4.71. The van der Waals surface area contributed by atoms with Crippen LogP contribution in [-0.4, -0.2) is 37.1 Å². The molecule has 0 aromatic rings. The highest BCUT2D eigenvalue weighted by Gasteiger charge is 2.18. The molecule has 0 aliphatic carbocycles. The first-order valence-corrected chi connectivity index (χ1v) is 5.80. The molecule has 1 fully saturated rings. The van der Waals surface area contributed by atoms with E-state index in [4.69, 9.17) is 0 Å². The summed E-state index contributed by atoms with van der Waals surface area (Å²) in [6.45, 7) is 13.0. The first-order chi connectivity index (χ1) is 6.74. The van der Waals surface area contributed by atoms with E-state index in [9.17, 15) is 0 Å². The van der Waals surface area contributed by atoms with E-state index in [1.807, 2.05) is 6.08 Å². The minimum Gasteiger partial charge on any atom is -0.309 e. The molecule has 2 nitrogen and oxygen atoms in total. The average molecular weight is 269 g/mol. The van der Waals surface area contributed by atoms with Crippen molar-refractivity contribution in [2.24, 2.45) is 5.92 Å². The predicted octanol–water partition coefficient (Wildman–Crippen LogP) is 2.73. The van der Waals surface area contributed by atoms with Crippen LogP contribution >= 0.6 is 24.8 Å². The SMILES string of the molecule is C=CCN[C@H](CN1CCCC1)C(C)C.Cl.Cl. The topological polar surface area (TPSA) is 15.3 Å². The Morgan fingerprint density at radius 3 is 2.25 bits per heavy atom. The first-order valence-electron chi connectivity index (χ1n) is 5.80. The van der Waals surface area contributed by atoms with Crippen molar-refractivity contribution in [1.82, 2.24) is 10.2 Å². The third-order valence-corrected chi connectivity index (χ3v) is 2.98. The maximum atomic E-state index is 3.75. The van der Waals surface area contributed by atoms with Gasteiger partial charge in [0.1, 0.15) is 0 Å². The smallest absolute Gasteiger partial charge is 0.0220 e. The lowest BCUT2D eigenvalue weighted by Crippen LogP contribution is -2.43. The van der Waals surface area contributed by atoms with E-state index in [0.29, 0.717) is 12.0 Å². The minimum atomic E-state index is 0. The Hall–Kier alpha value is 0.240. The standard InChI is InChI=1S/C12H24N2.2ClH/c1-4-7-13-12(11(2)3)10-14-8-5-6-9-14;;/h4,11-13H,1,5-10H2,2-3H3;2*1H/t12-;;/m1../s1. The summed E-state index contributed by atoms with van der Waals surface area (Å²) in [5, 5.41) is 3.54. The van der Waals surface area contributed by atoms with Crippen LogP contribution in [0.4, 0.5) is 0 Å².